The van der Waals surface area contributed by atoms with Crippen molar-refractivity contribution < 1.29 is 4.79 Å². The zero-order valence-corrected chi connectivity index (χ0v) is 21.3. The summed E-state index contributed by atoms with van der Waals surface area (Å²) in [4.78, 5) is 29.6. The van der Waals surface area contributed by atoms with Crippen LogP contribution in [0.4, 0.5) is 17.3 Å². The fraction of sp³-hybridized carbons (Fsp3) is 0.333. The summed E-state index contributed by atoms with van der Waals surface area (Å²) >= 11 is 6.57. The molecule has 188 valence electrons. The lowest BCUT2D eigenvalue weighted by atomic mass is 9.94. The second kappa shape index (κ2) is 11.9. The second-order valence-corrected chi connectivity index (χ2v) is 9.22. The first-order valence-corrected chi connectivity index (χ1v) is 12.5. The quantitative estimate of drug-likeness (QED) is 0.467. The van der Waals surface area contributed by atoms with E-state index >= 15 is 0 Å². The zero-order chi connectivity index (χ0) is 25.5. The number of aromatic nitrogens is 3. The molecule has 2 fully saturated rings. The monoisotopic (exact) mass is 505 g/mol. The van der Waals surface area contributed by atoms with E-state index in [1.165, 1.54) is 0 Å². The number of anilines is 3. The molecular weight excluding hydrogens is 474 g/mol. The fourth-order valence-electron chi connectivity index (χ4n) is 4.59. The van der Waals surface area contributed by atoms with Crippen LogP contribution in [-0.4, -0.2) is 52.4 Å². The van der Waals surface area contributed by atoms with Crippen molar-refractivity contribution in [2.45, 2.75) is 31.6 Å². The Labute approximate surface area is 217 Å². The Balaban J connectivity index is 1.50. The summed E-state index contributed by atoms with van der Waals surface area (Å²) in [6, 6.07) is 1.90. The van der Waals surface area contributed by atoms with Crippen LogP contribution in [0.1, 0.15) is 37.3 Å². The molecule has 0 saturated carbocycles. The Morgan fingerprint density at radius 3 is 2.83 bits per heavy atom. The van der Waals surface area contributed by atoms with Gasteiger partial charge in [-0.3, -0.25) is 9.78 Å². The van der Waals surface area contributed by atoms with Gasteiger partial charge in [-0.05, 0) is 31.4 Å². The smallest absolute Gasteiger partial charge is 0.227 e. The minimum atomic E-state index is 0.121. The molecule has 0 aromatic carbocycles. The molecule has 2 aromatic heterocycles. The van der Waals surface area contributed by atoms with Crippen molar-refractivity contribution in [3.8, 4) is 0 Å². The van der Waals surface area contributed by atoms with Gasteiger partial charge in [0.05, 0.1) is 52.1 Å². The van der Waals surface area contributed by atoms with Crippen LogP contribution in [0, 0.1) is 0 Å². The van der Waals surface area contributed by atoms with Gasteiger partial charge in [-0.15, -0.1) is 0 Å². The lowest BCUT2D eigenvalue weighted by molar-refractivity contribution is -0.117. The van der Waals surface area contributed by atoms with E-state index in [4.69, 9.17) is 16.6 Å². The summed E-state index contributed by atoms with van der Waals surface area (Å²) < 4.78 is 0. The number of nitrogens with one attached hydrogen (secondary N) is 2. The third-order valence-electron chi connectivity index (χ3n) is 6.42. The molecule has 2 aromatic rings. The topological polar surface area (TPSA) is 86.3 Å². The summed E-state index contributed by atoms with van der Waals surface area (Å²) in [5.74, 6) is 0.706. The first-order valence-electron chi connectivity index (χ1n) is 12.2. The number of allylic oxidation sites excluding steroid dienone is 4. The van der Waals surface area contributed by atoms with E-state index in [0.717, 1.165) is 60.8 Å². The number of halogens is 1. The molecule has 4 rings (SSSR count). The number of amides is 1. The predicted molar refractivity (Wildman–Crippen MR) is 145 cm³/mol. The van der Waals surface area contributed by atoms with Crippen molar-refractivity contribution in [2.75, 3.05) is 36.9 Å². The number of likely N-dealkylation sites (N-methyl/N-ethyl adjacent to an activating group) is 1. The van der Waals surface area contributed by atoms with Crippen LogP contribution in [0.25, 0.3) is 0 Å². The largest absolute Gasteiger partial charge is 0.386 e. The van der Waals surface area contributed by atoms with Crippen molar-refractivity contribution in [1.82, 2.24) is 25.2 Å². The van der Waals surface area contributed by atoms with E-state index in [1.807, 2.05) is 31.3 Å². The molecule has 0 radical (unpaired) electrons. The average molecular weight is 506 g/mol. The lowest BCUT2D eigenvalue weighted by Gasteiger charge is -2.36. The third-order valence-corrected chi connectivity index (χ3v) is 6.71. The van der Waals surface area contributed by atoms with Gasteiger partial charge in [-0.2, -0.15) is 0 Å². The molecule has 0 aliphatic carbocycles. The van der Waals surface area contributed by atoms with Gasteiger partial charge in [-0.25, -0.2) is 9.97 Å². The summed E-state index contributed by atoms with van der Waals surface area (Å²) in [6.07, 6.45) is 16.0. The second-order valence-electron chi connectivity index (χ2n) is 8.82. The minimum absolute atomic E-state index is 0.121. The van der Waals surface area contributed by atoms with Gasteiger partial charge in [0.25, 0.3) is 0 Å². The summed E-state index contributed by atoms with van der Waals surface area (Å²) in [5, 5.41) is 7.01. The lowest BCUT2D eigenvalue weighted by Crippen LogP contribution is -2.36. The van der Waals surface area contributed by atoms with Gasteiger partial charge in [-0.1, -0.05) is 43.0 Å². The fourth-order valence-corrected chi connectivity index (χ4v) is 4.84. The summed E-state index contributed by atoms with van der Waals surface area (Å²) in [5.41, 5.74) is 4.18. The molecule has 2 saturated heterocycles. The molecular formula is C27H32ClN7O. The van der Waals surface area contributed by atoms with Crippen molar-refractivity contribution in [1.29, 1.82) is 0 Å². The standard InChI is InChI=1S/C27H32ClN7O/c1-4-5-6-10-24(29-3)19(2)34-12-7-9-20(18-34)26-23(28)17-31-27(33-26)32-21-14-22(16-30-15-21)35-13-8-11-25(35)36/h4-6,10,14-17,20,29H,1-2,7-9,11-13,18H2,3H3,(H,31,32,33)/b6-5-,24-10-. The number of pyridine rings is 1. The number of carbonyl (C=O) groups excluding carboxylic acids is 1. The number of carbonyl (C=O) groups is 1. The van der Waals surface area contributed by atoms with Crippen molar-refractivity contribution in [2.24, 2.45) is 0 Å². The summed E-state index contributed by atoms with van der Waals surface area (Å²) in [7, 11) is 1.89. The van der Waals surface area contributed by atoms with Gasteiger partial charge in [0.1, 0.15) is 0 Å². The molecule has 0 spiro atoms. The molecule has 9 heteroatoms. The third kappa shape index (κ3) is 5.94. The van der Waals surface area contributed by atoms with Crippen LogP contribution in [0.2, 0.25) is 5.02 Å². The van der Waals surface area contributed by atoms with Gasteiger partial charge in [0, 0.05) is 39.0 Å². The zero-order valence-electron chi connectivity index (χ0n) is 20.6. The number of piperidine rings is 1. The maximum Gasteiger partial charge on any atom is 0.227 e. The van der Waals surface area contributed by atoms with E-state index in [-0.39, 0.29) is 11.8 Å². The van der Waals surface area contributed by atoms with Crippen LogP contribution in [0.3, 0.4) is 0 Å². The molecule has 1 unspecified atom stereocenters. The molecule has 2 N–H and O–H groups in total. The van der Waals surface area contributed by atoms with E-state index in [0.29, 0.717) is 23.9 Å². The molecule has 1 atom stereocenters. The predicted octanol–water partition coefficient (Wildman–Crippen LogP) is 4.93. The highest BCUT2D eigenvalue weighted by Crippen LogP contribution is 2.33. The van der Waals surface area contributed by atoms with E-state index in [2.05, 4.69) is 38.7 Å². The maximum atomic E-state index is 12.1. The Kier molecular flexibility index (Phi) is 8.38. The van der Waals surface area contributed by atoms with E-state index < -0.39 is 0 Å². The van der Waals surface area contributed by atoms with Gasteiger partial charge >= 0.3 is 0 Å². The van der Waals surface area contributed by atoms with Crippen molar-refractivity contribution in [3.63, 3.8) is 0 Å². The van der Waals surface area contributed by atoms with Gasteiger partial charge in [0.15, 0.2) is 0 Å². The Hall–Kier alpha value is -3.65. The van der Waals surface area contributed by atoms with Crippen LogP contribution in [0.15, 0.2) is 73.5 Å². The first-order chi connectivity index (χ1) is 17.5. The average Bonchev–Trinajstić information content (AvgIpc) is 3.33. The molecule has 36 heavy (non-hydrogen) atoms. The number of likely N-dealkylation sites (tertiary alicyclic amines) is 1. The highest BCUT2D eigenvalue weighted by atomic mass is 35.5. The normalized spacial score (nSPS) is 18.6. The molecule has 1 amide bonds. The molecule has 4 heterocycles. The Morgan fingerprint density at radius 2 is 2.08 bits per heavy atom. The number of hydrogen-bond acceptors (Lipinski definition) is 7. The van der Waals surface area contributed by atoms with Crippen LogP contribution < -0.4 is 15.5 Å². The van der Waals surface area contributed by atoms with E-state index in [9.17, 15) is 4.79 Å². The van der Waals surface area contributed by atoms with Crippen molar-refractivity contribution in [3.05, 3.63) is 84.2 Å². The van der Waals surface area contributed by atoms with Gasteiger partial charge < -0.3 is 20.4 Å². The number of nitrogens with zero attached hydrogens (tertiary/aromatic N) is 5. The van der Waals surface area contributed by atoms with Crippen LogP contribution in [0.5, 0.6) is 0 Å². The Bertz CT molecular complexity index is 1190. The number of hydrogen-bond donors (Lipinski definition) is 2. The molecule has 0 bridgehead atoms. The van der Waals surface area contributed by atoms with Crippen LogP contribution in [-0.2, 0) is 4.79 Å². The maximum absolute atomic E-state index is 12.1. The highest BCUT2D eigenvalue weighted by molar-refractivity contribution is 6.31. The first kappa shape index (κ1) is 25.4. The molecule has 2 aliphatic heterocycles. The SMILES string of the molecule is C=C/C=C\C=C(/NC)C(=C)N1CCCC(c2nc(Nc3cncc(N4CCCC4=O)c3)ncc2Cl)C1. The summed E-state index contributed by atoms with van der Waals surface area (Å²) in [6.45, 7) is 10.4. The molecule has 8 nitrogen and oxygen atoms in total. The minimum Gasteiger partial charge on any atom is -0.386 e. The van der Waals surface area contributed by atoms with Gasteiger partial charge in [0.2, 0.25) is 11.9 Å². The highest BCUT2D eigenvalue weighted by Gasteiger charge is 2.27. The van der Waals surface area contributed by atoms with E-state index in [1.54, 1.807) is 29.6 Å². The Morgan fingerprint density at radius 1 is 1.22 bits per heavy atom. The van der Waals surface area contributed by atoms with Crippen LogP contribution >= 0.6 is 11.6 Å². The molecule has 2 aliphatic rings. The number of rotatable bonds is 9. The van der Waals surface area contributed by atoms with Crippen molar-refractivity contribution >= 4 is 34.8 Å².